The lowest BCUT2D eigenvalue weighted by atomic mass is 9.91. The number of halogens is 2. The lowest BCUT2D eigenvalue weighted by Crippen LogP contribution is -2.45. The highest BCUT2D eigenvalue weighted by atomic mass is 35.5. The summed E-state index contributed by atoms with van der Waals surface area (Å²) in [5, 5.41) is 7.21. The minimum Gasteiger partial charge on any atom is -0.484 e. The molecule has 0 spiro atoms. The molecule has 3 rings (SSSR count). The van der Waals surface area contributed by atoms with Gasteiger partial charge in [-0.1, -0.05) is 30.6 Å². The molecule has 0 radical (unpaired) electrons. The molecule has 8 heteroatoms. The maximum Gasteiger partial charge on any atom is 0.258 e. The lowest BCUT2D eigenvalue weighted by Gasteiger charge is -2.29. The van der Waals surface area contributed by atoms with Crippen molar-refractivity contribution in [1.29, 1.82) is 0 Å². The fourth-order valence-electron chi connectivity index (χ4n) is 3.28. The van der Waals surface area contributed by atoms with Crippen LogP contribution in [0.4, 0.5) is 0 Å². The smallest absolute Gasteiger partial charge is 0.258 e. The van der Waals surface area contributed by atoms with E-state index in [9.17, 15) is 9.59 Å². The number of hydrogen-bond donors (Lipinski definition) is 2. The van der Waals surface area contributed by atoms with Gasteiger partial charge in [0.1, 0.15) is 11.5 Å². The quantitative estimate of drug-likeness (QED) is 0.594. The molecule has 6 nitrogen and oxygen atoms in total. The van der Waals surface area contributed by atoms with E-state index in [1.54, 1.807) is 48.5 Å². The average molecular weight is 467 g/mol. The Morgan fingerprint density at radius 3 is 1.35 bits per heavy atom. The predicted octanol–water partition coefficient (Wildman–Crippen LogP) is 4.63. The topological polar surface area (TPSA) is 76.7 Å². The highest BCUT2D eigenvalue weighted by Crippen LogP contribution is 2.20. The molecule has 0 atom stereocenters. The largest absolute Gasteiger partial charge is 0.484 e. The Kier molecular flexibility index (Phi) is 9.95. The SMILES string of the molecule is C.O=C(COc1ccc(Cl)cc1)NC1CCC(NC(=O)COc2ccc(Cl)cc2)CC1. The predicted molar refractivity (Wildman–Crippen MR) is 123 cm³/mol. The van der Waals surface area contributed by atoms with Crippen LogP contribution >= 0.6 is 23.2 Å². The van der Waals surface area contributed by atoms with Crippen molar-refractivity contribution in [1.82, 2.24) is 10.6 Å². The zero-order valence-electron chi connectivity index (χ0n) is 16.4. The van der Waals surface area contributed by atoms with Crippen LogP contribution in [-0.4, -0.2) is 37.1 Å². The van der Waals surface area contributed by atoms with Crippen LogP contribution in [0.25, 0.3) is 0 Å². The van der Waals surface area contributed by atoms with Crippen molar-refractivity contribution >= 4 is 35.0 Å². The molecule has 2 N–H and O–H groups in total. The van der Waals surface area contributed by atoms with E-state index in [2.05, 4.69) is 10.6 Å². The van der Waals surface area contributed by atoms with Crippen LogP contribution in [-0.2, 0) is 9.59 Å². The van der Waals surface area contributed by atoms with Gasteiger partial charge in [0.05, 0.1) is 0 Å². The number of ether oxygens (including phenoxy) is 2. The molecule has 2 amide bonds. The molecule has 1 fully saturated rings. The molecule has 0 unspecified atom stereocenters. The maximum absolute atomic E-state index is 12.1. The Balaban J connectivity index is 0.00000341. The third-order valence-corrected chi connectivity index (χ3v) is 5.33. The Labute approximate surface area is 193 Å². The Morgan fingerprint density at radius 2 is 1.03 bits per heavy atom. The fourth-order valence-corrected chi connectivity index (χ4v) is 3.53. The molecule has 31 heavy (non-hydrogen) atoms. The normalized spacial score (nSPS) is 17.7. The molecule has 1 saturated carbocycles. The second kappa shape index (κ2) is 12.4. The van der Waals surface area contributed by atoms with E-state index in [4.69, 9.17) is 32.7 Å². The average Bonchev–Trinajstić information content (AvgIpc) is 2.74. The summed E-state index contributed by atoms with van der Waals surface area (Å²) in [6.07, 6.45) is 3.21. The highest BCUT2D eigenvalue weighted by molar-refractivity contribution is 6.30. The summed E-state index contributed by atoms with van der Waals surface area (Å²) in [5.74, 6) is 0.881. The van der Waals surface area contributed by atoms with Gasteiger partial charge in [-0.15, -0.1) is 0 Å². The van der Waals surface area contributed by atoms with E-state index in [1.807, 2.05) is 0 Å². The van der Waals surface area contributed by atoms with Crippen molar-refractivity contribution in [2.75, 3.05) is 13.2 Å². The number of rotatable bonds is 8. The monoisotopic (exact) mass is 466 g/mol. The minimum absolute atomic E-state index is 0. The van der Waals surface area contributed by atoms with Crippen molar-refractivity contribution in [3.05, 3.63) is 58.6 Å². The number of carbonyl (C=O) groups is 2. The van der Waals surface area contributed by atoms with E-state index in [0.29, 0.717) is 21.5 Å². The van der Waals surface area contributed by atoms with Gasteiger partial charge in [0, 0.05) is 22.1 Å². The number of benzene rings is 2. The molecule has 0 saturated heterocycles. The van der Waals surface area contributed by atoms with Crippen LogP contribution in [0.3, 0.4) is 0 Å². The summed E-state index contributed by atoms with van der Waals surface area (Å²) in [6, 6.07) is 13.9. The second-order valence-corrected chi connectivity index (χ2v) is 8.04. The van der Waals surface area contributed by atoms with Gasteiger partial charge in [-0.3, -0.25) is 9.59 Å². The van der Waals surface area contributed by atoms with Gasteiger partial charge in [0.15, 0.2) is 13.2 Å². The van der Waals surface area contributed by atoms with Gasteiger partial charge in [-0.25, -0.2) is 0 Å². The molecule has 0 heterocycles. The first kappa shape index (κ1) is 24.8. The Morgan fingerprint density at radius 1 is 0.710 bits per heavy atom. The van der Waals surface area contributed by atoms with E-state index in [-0.39, 0.29) is 44.5 Å². The van der Waals surface area contributed by atoms with Gasteiger partial charge >= 0.3 is 0 Å². The van der Waals surface area contributed by atoms with Crippen molar-refractivity contribution < 1.29 is 19.1 Å². The zero-order valence-corrected chi connectivity index (χ0v) is 17.9. The van der Waals surface area contributed by atoms with E-state index in [0.717, 1.165) is 25.7 Å². The van der Waals surface area contributed by atoms with Gasteiger partial charge in [0.25, 0.3) is 11.8 Å². The minimum atomic E-state index is -0.159. The summed E-state index contributed by atoms with van der Waals surface area (Å²) >= 11 is 11.6. The van der Waals surface area contributed by atoms with Gasteiger partial charge < -0.3 is 20.1 Å². The van der Waals surface area contributed by atoms with Crippen LogP contribution in [0, 0.1) is 0 Å². The highest BCUT2D eigenvalue weighted by Gasteiger charge is 2.23. The summed E-state index contributed by atoms with van der Waals surface area (Å²) < 4.78 is 10.9. The summed E-state index contributed by atoms with van der Waals surface area (Å²) in [7, 11) is 0. The lowest BCUT2D eigenvalue weighted by molar-refractivity contribution is -0.125. The molecule has 2 aromatic rings. The van der Waals surface area contributed by atoms with Crippen LogP contribution in [0.5, 0.6) is 11.5 Å². The standard InChI is InChI=1S/C22H24Cl2N2O4.CH4/c23-15-1-9-19(10-2-15)29-13-21(27)25-17-5-7-18(8-6-17)26-22(28)14-30-20-11-3-16(24)4-12-20;/h1-4,9-12,17-18H,5-8,13-14H2,(H,25,27)(H,26,28);1H4. The van der Waals surface area contributed by atoms with Crippen molar-refractivity contribution in [2.45, 2.75) is 45.2 Å². The first-order valence-corrected chi connectivity index (χ1v) is 10.6. The third kappa shape index (κ3) is 8.67. The molecule has 2 aromatic carbocycles. The van der Waals surface area contributed by atoms with Gasteiger partial charge in [-0.05, 0) is 74.2 Å². The van der Waals surface area contributed by atoms with Crippen LogP contribution in [0.15, 0.2) is 48.5 Å². The van der Waals surface area contributed by atoms with Gasteiger partial charge in [0.2, 0.25) is 0 Å². The maximum atomic E-state index is 12.1. The first-order valence-electron chi connectivity index (χ1n) is 9.83. The third-order valence-electron chi connectivity index (χ3n) is 4.82. The second-order valence-electron chi connectivity index (χ2n) is 7.17. The van der Waals surface area contributed by atoms with Crippen LogP contribution in [0.2, 0.25) is 10.0 Å². The zero-order chi connectivity index (χ0) is 21.3. The number of nitrogens with one attached hydrogen (secondary N) is 2. The molecular weight excluding hydrogens is 439 g/mol. The van der Waals surface area contributed by atoms with Crippen LogP contribution in [0.1, 0.15) is 33.1 Å². The molecule has 168 valence electrons. The molecule has 0 bridgehead atoms. The van der Waals surface area contributed by atoms with E-state index >= 15 is 0 Å². The number of amides is 2. The van der Waals surface area contributed by atoms with Gasteiger partial charge in [-0.2, -0.15) is 0 Å². The number of carbonyl (C=O) groups excluding carboxylic acids is 2. The van der Waals surface area contributed by atoms with Crippen LogP contribution < -0.4 is 20.1 Å². The molecule has 1 aliphatic rings. The fraction of sp³-hybridized carbons (Fsp3) is 0.391. The molecule has 0 aliphatic heterocycles. The Hall–Kier alpha value is -2.44. The summed E-state index contributed by atoms with van der Waals surface area (Å²) in [5.41, 5.74) is 0. The van der Waals surface area contributed by atoms with E-state index in [1.165, 1.54) is 0 Å². The summed E-state index contributed by atoms with van der Waals surface area (Å²) in [4.78, 5) is 24.2. The number of hydrogen-bond acceptors (Lipinski definition) is 4. The first-order chi connectivity index (χ1) is 14.5. The van der Waals surface area contributed by atoms with Crippen molar-refractivity contribution in [3.63, 3.8) is 0 Å². The van der Waals surface area contributed by atoms with Crippen molar-refractivity contribution in [3.8, 4) is 11.5 Å². The Bertz CT molecular complexity index is 764. The summed E-state index contributed by atoms with van der Waals surface area (Å²) in [6.45, 7) is -0.0827. The van der Waals surface area contributed by atoms with Crippen molar-refractivity contribution in [2.24, 2.45) is 0 Å². The van der Waals surface area contributed by atoms with E-state index < -0.39 is 0 Å². The molecule has 1 aliphatic carbocycles. The molecular formula is C23H28Cl2N2O4. The molecule has 0 aromatic heterocycles.